The Labute approximate surface area is 139 Å². The Morgan fingerprint density at radius 1 is 1.46 bits per heavy atom. The molecular weight excluding hydrogens is 310 g/mol. The fourth-order valence-corrected chi connectivity index (χ4v) is 2.60. The highest BCUT2D eigenvalue weighted by Gasteiger charge is 2.27. The number of fused-ring (bicyclic) bond motifs is 1. The number of aryl methyl sites for hydroxylation is 1. The molecule has 0 aliphatic carbocycles. The monoisotopic (exact) mass is 329 g/mol. The predicted molar refractivity (Wildman–Crippen MR) is 86.7 cm³/mol. The zero-order valence-corrected chi connectivity index (χ0v) is 13.6. The van der Waals surface area contributed by atoms with Crippen LogP contribution in [0.5, 0.6) is 5.75 Å². The molecule has 2 heterocycles. The maximum absolute atomic E-state index is 12.3. The minimum absolute atomic E-state index is 0.0413. The Kier molecular flexibility index (Phi) is 4.45. The van der Waals surface area contributed by atoms with Crippen molar-refractivity contribution in [3.05, 3.63) is 36.4 Å². The van der Waals surface area contributed by atoms with Gasteiger partial charge in [0.15, 0.2) is 6.61 Å². The molecule has 0 saturated carbocycles. The average Bonchev–Trinajstić information content (AvgIpc) is 3.03. The van der Waals surface area contributed by atoms with Gasteiger partial charge >= 0.3 is 0 Å². The van der Waals surface area contributed by atoms with Crippen molar-refractivity contribution in [3.63, 3.8) is 0 Å². The van der Waals surface area contributed by atoms with E-state index in [4.69, 9.17) is 4.74 Å². The summed E-state index contributed by atoms with van der Waals surface area (Å²) in [6.07, 6.45) is 3.04. The summed E-state index contributed by atoms with van der Waals surface area (Å²) < 4.78 is 7.05. The fourth-order valence-electron chi connectivity index (χ4n) is 2.60. The molecule has 0 fully saturated rings. The third-order valence-electron chi connectivity index (χ3n) is 3.69. The number of ether oxygens (including phenoxy) is 1. The van der Waals surface area contributed by atoms with Crippen molar-refractivity contribution >= 4 is 17.5 Å². The molecule has 0 bridgehead atoms. The number of anilines is 1. The first kappa shape index (κ1) is 16.0. The van der Waals surface area contributed by atoms with Crippen molar-refractivity contribution in [2.75, 3.05) is 18.1 Å². The largest absolute Gasteiger partial charge is 0.482 e. The van der Waals surface area contributed by atoms with Gasteiger partial charge in [-0.2, -0.15) is 5.10 Å². The summed E-state index contributed by atoms with van der Waals surface area (Å²) in [4.78, 5) is 29.8. The first-order valence-electron chi connectivity index (χ1n) is 7.68. The van der Waals surface area contributed by atoms with Gasteiger partial charge in [-0.05, 0) is 31.5 Å². The first-order valence-corrected chi connectivity index (χ1v) is 7.68. The van der Waals surface area contributed by atoms with E-state index < -0.39 is 0 Å². The molecule has 8 heteroatoms. The Balaban J connectivity index is 1.65. The van der Waals surface area contributed by atoms with Crippen molar-refractivity contribution in [1.29, 1.82) is 0 Å². The molecule has 3 rings (SSSR count). The van der Waals surface area contributed by atoms with Gasteiger partial charge in [0.05, 0.1) is 12.2 Å². The van der Waals surface area contributed by atoms with Crippen molar-refractivity contribution < 1.29 is 14.3 Å². The lowest BCUT2D eigenvalue weighted by molar-refractivity contribution is -0.125. The van der Waals surface area contributed by atoms with Crippen LogP contribution in [0.2, 0.25) is 0 Å². The molecule has 1 N–H and O–H groups in total. The van der Waals surface area contributed by atoms with Crippen LogP contribution in [0.1, 0.15) is 12.5 Å². The minimum Gasteiger partial charge on any atom is -0.482 e. The van der Waals surface area contributed by atoms with E-state index >= 15 is 0 Å². The Bertz CT molecular complexity index is 744. The van der Waals surface area contributed by atoms with Crippen LogP contribution in [-0.2, 0) is 16.1 Å². The number of nitrogens with one attached hydrogen (secondary N) is 1. The van der Waals surface area contributed by atoms with Crippen molar-refractivity contribution in [2.45, 2.75) is 26.4 Å². The van der Waals surface area contributed by atoms with Crippen LogP contribution < -0.4 is 15.0 Å². The van der Waals surface area contributed by atoms with Gasteiger partial charge in [0.25, 0.3) is 5.91 Å². The van der Waals surface area contributed by atoms with Gasteiger partial charge in [0.2, 0.25) is 5.91 Å². The molecule has 2 amide bonds. The average molecular weight is 329 g/mol. The van der Waals surface area contributed by atoms with Crippen LogP contribution in [0, 0.1) is 6.92 Å². The summed E-state index contributed by atoms with van der Waals surface area (Å²) in [6.45, 7) is 4.22. The van der Waals surface area contributed by atoms with Crippen molar-refractivity contribution in [3.8, 4) is 5.75 Å². The van der Waals surface area contributed by atoms with Crippen molar-refractivity contribution in [1.82, 2.24) is 20.1 Å². The number of benzene rings is 1. The number of carbonyl (C=O) groups excluding carboxylic acids is 2. The number of hydrogen-bond acceptors (Lipinski definition) is 5. The van der Waals surface area contributed by atoms with Gasteiger partial charge in [-0.25, -0.2) is 4.98 Å². The van der Waals surface area contributed by atoms with Gasteiger partial charge in [0.1, 0.15) is 24.9 Å². The van der Waals surface area contributed by atoms with Gasteiger partial charge in [-0.1, -0.05) is 6.07 Å². The molecule has 1 aromatic carbocycles. The smallest absolute Gasteiger partial charge is 0.265 e. The maximum Gasteiger partial charge on any atom is 0.265 e. The second-order valence-corrected chi connectivity index (χ2v) is 5.83. The van der Waals surface area contributed by atoms with E-state index in [9.17, 15) is 9.59 Å². The van der Waals surface area contributed by atoms with Crippen LogP contribution in [0.4, 0.5) is 5.69 Å². The number of rotatable bonds is 5. The quantitative estimate of drug-likeness (QED) is 0.864. The van der Waals surface area contributed by atoms with Crippen molar-refractivity contribution in [2.24, 2.45) is 0 Å². The third-order valence-corrected chi connectivity index (χ3v) is 3.69. The first-order chi connectivity index (χ1) is 11.5. The molecule has 1 atom stereocenters. The van der Waals surface area contributed by atoms with Gasteiger partial charge in [-0.15, -0.1) is 0 Å². The van der Waals surface area contributed by atoms with Crippen LogP contribution in [0.25, 0.3) is 0 Å². The van der Waals surface area contributed by atoms with E-state index in [0.29, 0.717) is 18.0 Å². The minimum atomic E-state index is -0.231. The van der Waals surface area contributed by atoms with E-state index in [0.717, 1.165) is 5.56 Å². The van der Waals surface area contributed by atoms with E-state index in [1.54, 1.807) is 11.0 Å². The summed E-state index contributed by atoms with van der Waals surface area (Å²) in [5.41, 5.74) is 1.63. The molecular formula is C16H19N5O3. The maximum atomic E-state index is 12.3. The topological polar surface area (TPSA) is 89.4 Å². The molecule has 1 aromatic heterocycles. The van der Waals surface area contributed by atoms with Crippen LogP contribution >= 0.6 is 0 Å². The van der Waals surface area contributed by atoms with E-state index in [2.05, 4.69) is 15.4 Å². The van der Waals surface area contributed by atoms with Crippen LogP contribution in [0.15, 0.2) is 30.9 Å². The molecule has 126 valence electrons. The molecule has 0 saturated heterocycles. The molecule has 8 nitrogen and oxygen atoms in total. The Morgan fingerprint density at radius 2 is 2.29 bits per heavy atom. The van der Waals surface area contributed by atoms with Crippen LogP contribution in [-0.4, -0.2) is 45.8 Å². The number of amides is 2. The molecule has 1 aliphatic heterocycles. The summed E-state index contributed by atoms with van der Waals surface area (Å²) in [7, 11) is 0. The zero-order valence-electron chi connectivity index (χ0n) is 13.6. The number of nitrogens with zero attached hydrogens (tertiary/aromatic N) is 4. The summed E-state index contributed by atoms with van der Waals surface area (Å²) in [5, 5.41) is 6.87. The molecule has 1 unspecified atom stereocenters. The predicted octanol–water partition coefficient (Wildman–Crippen LogP) is 0.517. The van der Waals surface area contributed by atoms with Gasteiger partial charge in [-0.3, -0.25) is 19.2 Å². The SMILES string of the molecule is Cc1ccc2c(c1)N(CC(=O)NC(C)Cn1cncn1)C(=O)CO2. The molecule has 24 heavy (non-hydrogen) atoms. The zero-order chi connectivity index (χ0) is 17.1. The van der Waals surface area contributed by atoms with E-state index in [1.165, 1.54) is 11.2 Å². The highest BCUT2D eigenvalue weighted by Crippen LogP contribution is 2.32. The lowest BCUT2D eigenvalue weighted by atomic mass is 10.1. The molecule has 2 aromatic rings. The Hall–Kier alpha value is -2.90. The van der Waals surface area contributed by atoms with Gasteiger partial charge in [0, 0.05) is 6.04 Å². The third kappa shape index (κ3) is 3.53. The van der Waals surface area contributed by atoms with Crippen LogP contribution in [0.3, 0.4) is 0 Å². The molecule has 0 radical (unpaired) electrons. The number of hydrogen-bond donors (Lipinski definition) is 1. The fraction of sp³-hybridized carbons (Fsp3) is 0.375. The summed E-state index contributed by atoms with van der Waals surface area (Å²) >= 11 is 0. The summed E-state index contributed by atoms with van der Waals surface area (Å²) in [5.74, 6) is 0.154. The van der Waals surface area contributed by atoms with Gasteiger partial charge < -0.3 is 10.1 Å². The lowest BCUT2D eigenvalue weighted by Gasteiger charge is -2.29. The highest BCUT2D eigenvalue weighted by molar-refractivity contribution is 6.02. The van der Waals surface area contributed by atoms with E-state index in [-0.39, 0.29) is 31.0 Å². The lowest BCUT2D eigenvalue weighted by Crippen LogP contribution is -2.47. The number of aromatic nitrogens is 3. The van der Waals surface area contributed by atoms with E-state index in [1.807, 2.05) is 32.0 Å². The highest BCUT2D eigenvalue weighted by atomic mass is 16.5. The number of carbonyl (C=O) groups is 2. The second kappa shape index (κ2) is 6.69. The standard InChI is InChI=1S/C16H19N5O3/c1-11-3-4-14-13(5-11)21(16(23)8-24-14)7-15(22)19-12(2)6-20-10-17-9-18-20/h3-5,9-10,12H,6-8H2,1-2H3,(H,19,22). The second-order valence-electron chi connectivity index (χ2n) is 5.83. The normalized spacial score (nSPS) is 14.8. The molecule has 0 spiro atoms. The Morgan fingerprint density at radius 3 is 3.04 bits per heavy atom. The molecule has 1 aliphatic rings. The summed E-state index contributed by atoms with van der Waals surface area (Å²) in [6, 6.07) is 5.44.